The molecule has 0 unspecified atom stereocenters. The number of thiophene rings is 1. The molecular formula is C37H20N4OS. The molecule has 10 rings (SSSR count). The van der Waals surface area contributed by atoms with Crippen LogP contribution in [0.25, 0.3) is 92.2 Å². The summed E-state index contributed by atoms with van der Waals surface area (Å²) in [6.45, 7) is 0. The number of nitrogens with zero attached hydrogens (tertiary/aromatic N) is 4. The fourth-order valence-corrected chi connectivity index (χ4v) is 7.96. The van der Waals surface area contributed by atoms with Gasteiger partial charge in [0.15, 0.2) is 5.82 Å². The first-order valence-electron chi connectivity index (χ1n) is 14.2. The van der Waals surface area contributed by atoms with Gasteiger partial charge < -0.3 is 4.42 Å². The fourth-order valence-electron chi connectivity index (χ4n) is 6.69. The van der Waals surface area contributed by atoms with E-state index < -0.39 is 0 Å². The van der Waals surface area contributed by atoms with Crippen LogP contribution in [0, 0.1) is 0 Å². The van der Waals surface area contributed by atoms with E-state index in [0.29, 0.717) is 17.2 Å². The number of benzene rings is 5. The highest BCUT2D eigenvalue weighted by Gasteiger charge is 2.25. The van der Waals surface area contributed by atoms with Gasteiger partial charge in [0.2, 0.25) is 5.71 Å². The normalized spacial score (nSPS) is 12.2. The summed E-state index contributed by atoms with van der Waals surface area (Å²) in [5.41, 5.74) is 5.65. The number of pyridine rings is 1. The molecule has 0 N–H and O–H groups in total. The van der Waals surface area contributed by atoms with Crippen LogP contribution in [0.1, 0.15) is 0 Å². The average Bonchev–Trinajstić information content (AvgIpc) is 3.74. The van der Waals surface area contributed by atoms with Crippen LogP contribution in [-0.4, -0.2) is 19.5 Å². The van der Waals surface area contributed by atoms with E-state index in [-0.39, 0.29) is 0 Å². The predicted molar refractivity (Wildman–Crippen MR) is 177 cm³/mol. The molecule has 0 atom stereocenters. The second-order valence-corrected chi connectivity index (χ2v) is 11.8. The number of aromatic nitrogens is 4. The Morgan fingerprint density at radius 2 is 1.33 bits per heavy atom. The zero-order chi connectivity index (χ0) is 28.1. The number of furan rings is 1. The molecule has 0 saturated heterocycles. The van der Waals surface area contributed by atoms with Crippen molar-refractivity contribution in [2.45, 2.75) is 0 Å². The van der Waals surface area contributed by atoms with Crippen LogP contribution in [0.3, 0.4) is 0 Å². The number of fused-ring (bicyclic) bond motifs is 13. The minimum absolute atomic E-state index is 0.508. The standard InChI is InChI=1S/C37H20N4OS/c1-2-12-22-21(11-1)30-25-15-5-8-19-29(25)43-35(30)31-23-13-3-6-17-27(23)41(34(22)31)36-33(26-16-9-10-20-38-26)39-32-24-14-4-7-18-28(24)42-37(32)40-36/h1-20H. The summed E-state index contributed by atoms with van der Waals surface area (Å²) in [4.78, 5) is 15.2. The van der Waals surface area contributed by atoms with Crippen LogP contribution in [0.2, 0.25) is 0 Å². The van der Waals surface area contributed by atoms with Crippen molar-refractivity contribution in [1.82, 2.24) is 19.5 Å². The van der Waals surface area contributed by atoms with Gasteiger partial charge in [0.1, 0.15) is 16.8 Å². The summed E-state index contributed by atoms with van der Waals surface area (Å²) < 4.78 is 11.1. The second-order valence-electron chi connectivity index (χ2n) is 10.8. The van der Waals surface area contributed by atoms with Crippen molar-refractivity contribution in [2.24, 2.45) is 0 Å². The third kappa shape index (κ3) is 3.07. The molecule has 5 heterocycles. The molecule has 0 fully saturated rings. The van der Waals surface area contributed by atoms with Gasteiger partial charge in [0.05, 0.1) is 16.7 Å². The van der Waals surface area contributed by atoms with Crippen molar-refractivity contribution in [3.63, 3.8) is 0 Å². The molecule has 0 saturated carbocycles. The largest absolute Gasteiger partial charge is 0.436 e. The molecule has 0 spiro atoms. The van der Waals surface area contributed by atoms with E-state index in [0.717, 1.165) is 33.2 Å². The number of hydrogen-bond donors (Lipinski definition) is 0. The van der Waals surface area contributed by atoms with E-state index in [2.05, 4.69) is 77.4 Å². The summed E-state index contributed by atoms with van der Waals surface area (Å²) in [5, 5.41) is 8.33. The van der Waals surface area contributed by atoms with Crippen LogP contribution in [0.4, 0.5) is 0 Å². The SMILES string of the molecule is c1ccc(-c2nc3c(nc2-n2c4ccccc4c4c5sc6ccccc6c5c5ccccc5c42)oc2ccccc23)nc1. The first-order chi connectivity index (χ1) is 21.3. The summed E-state index contributed by atoms with van der Waals surface area (Å²) in [5.74, 6) is 0.696. The van der Waals surface area contributed by atoms with Crippen LogP contribution >= 0.6 is 11.3 Å². The van der Waals surface area contributed by atoms with Gasteiger partial charge >= 0.3 is 0 Å². The molecule has 5 aromatic heterocycles. The average molecular weight is 569 g/mol. The highest BCUT2D eigenvalue weighted by atomic mass is 32.1. The number of rotatable bonds is 2. The molecule has 0 amide bonds. The summed E-state index contributed by atoms with van der Waals surface area (Å²) in [7, 11) is 0. The molecule has 200 valence electrons. The van der Waals surface area contributed by atoms with E-state index in [1.54, 1.807) is 6.20 Å². The first kappa shape index (κ1) is 23.0. The first-order valence-corrected chi connectivity index (χ1v) is 15.0. The maximum atomic E-state index is 6.30. The van der Waals surface area contributed by atoms with Gasteiger partial charge in [-0.25, -0.2) is 4.98 Å². The maximum Gasteiger partial charge on any atom is 0.248 e. The lowest BCUT2D eigenvalue weighted by Crippen LogP contribution is -2.04. The highest BCUT2D eigenvalue weighted by Crippen LogP contribution is 2.48. The lowest BCUT2D eigenvalue weighted by molar-refractivity contribution is 0.652. The summed E-state index contributed by atoms with van der Waals surface area (Å²) in [6.07, 6.45) is 1.81. The Morgan fingerprint density at radius 1 is 0.605 bits per heavy atom. The van der Waals surface area contributed by atoms with Crippen LogP contribution < -0.4 is 0 Å². The Balaban J connectivity index is 1.47. The quantitative estimate of drug-likeness (QED) is 0.208. The van der Waals surface area contributed by atoms with Gasteiger partial charge in [0.25, 0.3) is 0 Å². The molecule has 0 radical (unpaired) electrons. The minimum atomic E-state index is 0.508. The molecule has 0 aliphatic carbocycles. The molecule has 5 aromatic carbocycles. The Kier molecular flexibility index (Phi) is 4.54. The Bertz CT molecular complexity index is 2740. The van der Waals surface area contributed by atoms with Crippen LogP contribution in [-0.2, 0) is 0 Å². The van der Waals surface area contributed by atoms with Gasteiger partial charge in [-0.05, 0) is 41.8 Å². The van der Waals surface area contributed by atoms with Crippen molar-refractivity contribution in [3.05, 3.63) is 121 Å². The van der Waals surface area contributed by atoms with Crippen LogP contribution in [0.5, 0.6) is 0 Å². The Labute approximate surface area is 248 Å². The lowest BCUT2D eigenvalue weighted by Gasteiger charge is -2.13. The van der Waals surface area contributed by atoms with Crippen molar-refractivity contribution in [1.29, 1.82) is 0 Å². The Morgan fingerprint density at radius 3 is 2.19 bits per heavy atom. The molecular weight excluding hydrogens is 549 g/mol. The minimum Gasteiger partial charge on any atom is -0.436 e. The van der Waals surface area contributed by atoms with Crippen molar-refractivity contribution < 1.29 is 4.42 Å². The van der Waals surface area contributed by atoms with Gasteiger partial charge in [-0.1, -0.05) is 78.9 Å². The van der Waals surface area contributed by atoms with E-state index >= 15 is 0 Å². The van der Waals surface area contributed by atoms with E-state index in [1.165, 1.54) is 41.7 Å². The molecule has 0 aliphatic heterocycles. The smallest absolute Gasteiger partial charge is 0.248 e. The second kappa shape index (κ2) is 8.47. The van der Waals surface area contributed by atoms with Gasteiger partial charge in [-0.2, -0.15) is 4.98 Å². The third-order valence-corrected chi connectivity index (χ3v) is 9.65. The topological polar surface area (TPSA) is 56.7 Å². The molecule has 43 heavy (non-hydrogen) atoms. The molecule has 6 heteroatoms. The molecule has 0 bridgehead atoms. The molecule has 10 aromatic rings. The monoisotopic (exact) mass is 568 g/mol. The van der Waals surface area contributed by atoms with E-state index in [4.69, 9.17) is 19.4 Å². The maximum absolute atomic E-state index is 6.30. The number of para-hydroxylation sites is 2. The zero-order valence-electron chi connectivity index (χ0n) is 22.7. The number of hydrogen-bond acceptors (Lipinski definition) is 5. The van der Waals surface area contributed by atoms with Gasteiger partial charge in [0, 0.05) is 47.9 Å². The summed E-state index contributed by atoms with van der Waals surface area (Å²) in [6, 6.07) is 39.9. The molecule has 0 aliphatic rings. The van der Waals surface area contributed by atoms with Gasteiger partial charge in [-0.3, -0.25) is 9.55 Å². The Hall–Kier alpha value is -5.59. The molecule has 5 nitrogen and oxygen atoms in total. The third-order valence-electron chi connectivity index (χ3n) is 8.46. The van der Waals surface area contributed by atoms with Crippen LogP contribution in [0.15, 0.2) is 126 Å². The van der Waals surface area contributed by atoms with E-state index in [1.807, 2.05) is 53.8 Å². The van der Waals surface area contributed by atoms with Gasteiger partial charge in [-0.15, -0.1) is 11.3 Å². The highest BCUT2D eigenvalue weighted by molar-refractivity contribution is 7.27. The predicted octanol–water partition coefficient (Wildman–Crippen LogP) is 10.1. The van der Waals surface area contributed by atoms with Crippen molar-refractivity contribution >= 4 is 86.3 Å². The summed E-state index contributed by atoms with van der Waals surface area (Å²) >= 11 is 1.86. The van der Waals surface area contributed by atoms with E-state index in [9.17, 15) is 0 Å². The zero-order valence-corrected chi connectivity index (χ0v) is 23.5. The van der Waals surface area contributed by atoms with Crippen molar-refractivity contribution in [3.8, 4) is 17.2 Å². The lowest BCUT2D eigenvalue weighted by atomic mass is 10.00. The van der Waals surface area contributed by atoms with Crippen molar-refractivity contribution in [2.75, 3.05) is 0 Å². The fraction of sp³-hybridized carbons (Fsp3) is 0.